The zero-order valence-corrected chi connectivity index (χ0v) is 13.9. The van der Waals surface area contributed by atoms with Gasteiger partial charge in [-0.15, -0.1) is 0 Å². The Bertz CT molecular complexity index is 503. The van der Waals surface area contributed by atoms with Gasteiger partial charge >= 0.3 is 0 Å². The van der Waals surface area contributed by atoms with Crippen LogP contribution in [0.3, 0.4) is 0 Å². The van der Waals surface area contributed by atoms with Gasteiger partial charge in [0.25, 0.3) is 0 Å². The van der Waals surface area contributed by atoms with E-state index in [0.29, 0.717) is 0 Å². The van der Waals surface area contributed by atoms with Gasteiger partial charge in [-0.2, -0.15) is 0 Å². The zero-order valence-electron chi connectivity index (χ0n) is 13.9. The maximum Gasteiger partial charge on any atom is 0.159 e. The molecular weight excluding hydrogens is 256 g/mol. The van der Waals surface area contributed by atoms with E-state index < -0.39 is 0 Å². The molecule has 0 aliphatic heterocycles. The van der Waals surface area contributed by atoms with Crippen LogP contribution < -0.4 is 0 Å². The molecule has 0 aliphatic rings. The minimum absolute atomic E-state index is 0.132. The van der Waals surface area contributed by atoms with E-state index in [1.165, 1.54) is 16.7 Å². The molecule has 0 bridgehead atoms. The zero-order chi connectivity index (χ0) is 15.7. The number of carbonyl (C=O) groups excluding carboxylic acids is 1. The number of hydrogen-bond donors (Lipinski definition) is 0. The third kappa shape index (κ3) is 7.08. The van der Waals surface area contributed by atoms with Crippen molar-refractivity contribution in [1.82, 2.24) is 0 Å². The molecule has 114 valence electrons. The SMILES string of the molecule is CC/C(C)=C/CC/C(C)=C/CCc1ccc(C(C)=O)cc1. The highest BCUT2D eigenvalue weighted by molar-refractivity contribution is 5.93. The minimum Gasteiger partial charge on any atom is -0.295 e. The second kappa shape index (κ2) is 9.33. The van der Waals surface area contributed by atoms with Gasteiger partial charge < -0.3 is 0 Å². The van der Waals surface area contributed by atoms with Crippen LogP contribution in [0.25, 0.3) is 0 Å². The number of hydrogen-bond acceptors (Lipinski definition) is 1. The van der Waals surface area contributed by atoms with Crippen molar-refractivity contribution in [2.24, 2.45) is 0 Å². The number of benzene rings is 1. The molecule has 0 spiro atoms. The van der Waals surface area contributed by atoms with Gasteiger partial charge in [-0.1, -0.05) is 54.5 Å². The first-order valence-electron chi connectivity index (χ1n) is 7.94. The maximum absolute atomic E-state index is 11.2. The van der Waals surface area contributed by atoms with Crippen LogP contribution in [-0.2, 0) is 6.42 Å². The number of rotatable bonds is 8. The Labute approximate surface area is 129 Å². The Balaban J connectivity index is 2.37. The molecule has 1 nitrogen and oxygen atoms in total. The third-order valence-electron chi connectivity index (χ3n) is 3.88. The van der Waals surface area contributed by atoms with Crippen LogP contribution in [0, 0.1) is 0 Å². The summed E-state index contributed by atoms with van der Waals surface area (Å²) < 4.78 is 0. The molecule has 0 unspecified atom stereocenters. The molecule has 1 aromatic carbocycles. The number of Topliss-reactive ketones (excluding diaryl/α,β-unsaturated/α-hetero) is 1. The van der Waals surface area contributed by atoms with Crippen LogP contribution in [0.2, 0.25) is 0 Å². The van der Waals surface area contributed by atoms with Crippen molar-refractivity contribution in [1.29, 1.82) is 0 Å². The van der Waals surface area contributed by atoms with Gasteiger partial charge in [0.05, 0.1) is 0 Å². The van der Waals surface area contributed by atoms with Gasteiger partial charge in [0.1, 0.15) is 0 Å². The molecule has 0 aromatic heterocycles. The van der Waals surface area contributed by atoms with Gasteiger partial charge in [-0.25, -0.2) is 0 Å². The first-order chi connectivity index (χ1) is 10.0. The van der Waals surface area contributed by atoms with E-state index in [0.717, 1.165) is 37.7 Å². The average molecular weight is 284 g/mol. The molecule has 0 fully saturated rings. The number of ketones is 1. The van der Waals surface area contributed by atoms with Crippen LogP contribution in [-0.4, -0.2) is 5.78 Å². The highest BCUT2D eigenvalue weighted by Crippen LogP contribution is 2.12. The van der Waals surface area contributed by atoms with E-state index in [-0.39, 0.29) is 5.78 Å². The minimum atomic E-state index is 0.132. The summed E-state index contributed by atoms with van der Waals surface area (Å²) in [5.41, 5.74) is 5.04. The van der Waals surface area contributed by atoms with E-state index in [9.17, 15) is 4.79 Å². The smallest absolute Gasteiger partial charge is 0.159 e. The molecule has 0 amide bonds. The lowest BCUT2D eigenvalue weighted by Crippen LogP contribution is -1.92. The maximum atomic E-state index is 11.2. The van der Waals surface area contributed by atoms with Crippen molar-refractivity contribution >= 4 is 5.78 Å². The summed E-state index contributed by atoms with van der Waals surface area (Å²) in [5, 5.41) is 0. The molecule has 0 heterocycles. The molecule has 21 heavy (non-hydrogen) atoms. The molecule has 0 saturated heterocycles. The summed E-state index contributed by atoms with van der Waals surface area (Å²) in [6, 6.07) is 7.97. The topological polar surface area (TPSA) is 17.1 Å². The second-order valence-electron chi connectivity index (χ2n) is 5.78. The van der Waals surface area contributed by atoms with Crippen molar-refractivity contribution in [3.8, 4) is 0 Å². The Morgan fingerprint density at radius 3 is 2.14 bits per heavy atom. The van der Waals surface area contributed by atoms with Crippen LogP contribution >= 0.6 is 0 Å². The lowest BCUT2D eigenvalue weighted by atomic mass is 10.0. The molecule has 0 N–H and O–H groups in total. The number of allylic oxidation sites excluding steroid dienone is 4. The molecule has 0 saturated carbocycles. The van der Waals surface area contributed by atoms with Crippen LogP contribution in [0.5, 0.6) is 0 Å². The van der Waals surface area contributed by atoms with Gasteiger partial charge in [0.15, 0.2) is 5.78 Å². The van der Waals surface area contributed by atoms with E-state index in [1.807, 2.05) is 12.1 Å². The fourth-order valence-corrected chi connectivity index (χ4v) is 2.18. The number of carbonyl (C=O) groups is 1. The quantitative estimate of drug-likeness (QED) is 0.429. The van der Waals surface area contributed by atoms with Crippen LogP contribution in [0.4, 0.5) is 0 Å². The Morgan fingerprint density at radius 2 is 1.57 bits per heavy atom. The fourth-order valence-electron chi connectivity index (χ4n) is 2.18. The van der Waals surface area contributed by atoms with Crippen molar-refractivity contribution in [2.75, 3.05) is 0 Å². The summed E-state index contributed by atoms with van der Waals surface area (Å²) in [7, 11) is 0. The summed E-state index contributed by atoms with van der Waals surface area (Å²) in [5.74, 6) is 0.132. The Kier molecular flexibility index (Phi) is 7.74. The van der Waals surface area contributed by atoms with E-state index in [1.54, 1.807) is 6.92 Å². The normalized spacial score (nSPS) is 12.6. The highest BCUT2D eigenvalue weighted by Gasteiger charge is 1.98. The Morgan fingerprint density at radius 1 is 0.952 bits per heavy atom. The predicted molar refractivity (Wildman–Crippen MR) is 91.8 cm³/mol. The summed E-state index contributed by atoms with van der Waals surface area (Å²) in [4.78, 5) is 11.2. The molecular formula is C20H28O. The third-order valence-corrected chi connectivity index (χ3v) is 3.88. The summed E-state index contributed by atoms with van der Waals surface area (Å²) in [6.07, 6.45) is 10.3. The highest BCUT2D eigenvalue weighted by atomic mass is 16.1. The van der Waals surface area contributed by atoms with Gasteiger partial charge in [-0.05, 0) is 58.4 Å². The average Bonchev–Trinajstić information content (AvgIpc) is 2.47. The standard InChI is InChI=1S/C20H28O/c1-5-16(2)8-6-9-17(3)10-7-11-19-12-14-20(15-13-19)18(4)21/h8,10,12-15H,5-7,9,11H2,1-4H3/b16-8+,17-10+. The first-order valence-corrected chi connectivity index (χ1v) is 7.94. The van der Waals surface area contributed by atoms with Gasteiger partial charge in [0, 0.05) is 5.56 Å². The van der Waals surface area contributed by atoms with E-state index in [2.05, 4.69) is 45.1 Å². The Hall–Kier alpha value is -1.63. The van der Waals surface area contributed by atoms with Crippen molar-refractivity contribution in [3.63, 3.8) is 0 Å². The van der Waals surface area contributed by atoms with E-state index in [4.69, 9.17) is 0 Å². The lowest BCUT2D eigenvalue weighted by Gasteiger charge is -2.02. The predicted octanol–water partition coefficient (Wildman–Crippen LogP) is 5.90. The lowest BCUT2D eigenvalue weighted by molar-refractivity contribution is 0.101. The second-order valence-corrected chi connectivity index (χ2v) is 5.78. The molecule has 0 atom stereocenters. The largest absolute Gasteiger partial charge is 0.295 e. The summed E-state index contributed by atoms with van der Waals surface area (Å²) in [6.45, 7) is 8.22. The van der Waals surface area contributed by atoms with Crippen molar-refractivity contribution < 1.29 is 4.79 Å². The van der Waals surface area contributed by atoms with Crippen molar-refractivity contribution in [3.05, 3.63) is 58.7 Å². The van der Waals surface area contributed by atoms with Crippen LogP contribution in [0.15, 0.2) is 47.6 Å². The van der Waals surface area contributed by atoms with Gasteiger partial charge in [0.2, 0.25) is 0 Å². The number of aryl methyl sites for hydroxylation is 1. The monoisotopic (exact) mass is 284 g/mol. The first kappa shape index (κ1) is 17.4. The molecule has 1 aromatic rings. The van der Waals surface area contributed by atoms with Gasteiger partial charge in [-0.3, -0.25) is 4.79 Å². The fraction of sp³-hybridized carbons (Fsp3) is 0.450. The van der Waals surface area contributed by atoms with Crippen molar-refractivity contribution in [2.45, 2.75) is 59.8 Å². The molecule has 0 aliphatic carbocycles. The molecule has 0 radical (unpaired) electrons. The van der Waals surface area contributed by atoms with E-state index >= 15 is 0 Å². The van der Waals surface area contributed by atoms with Crippen LogP contribution in [0.1, 0.15) is 69.3 Å². The summed E-state index contributed by atoms with van der Waals surface area (Å²) >= 11 is 0. The molecule has 1 rings (SSSR count). The molecule has 1 heteroatoms.